The zero-order valence-corrected chi connectivity index (χ0v) is 13.8. The van der Waals surface area contributed by atoms with Crippen molar-refractivity contribution in [3.05, 3.63) is 66.7 Å². The van der Waals surface area contributed by atoms with Gasteiger partial charge < -0.3 is 4.90 Å². The average molecular weight is 326 g/mol. The predicted molar refractivity (Wildman–Crippen MR) is 95.5 cm³/mol. The van der Waals surface area contributed by atoms with Gasteiger partial charge in [0.2, 0.25) is 0 Å². The maximum Gasteiger partial charge on any atom is 0.261 e. The van der Waals surface area contributed by atoms with Crippen LogP contribution in [0.2, 0.25) is 0 Å². The number of hydrogen-bond donors (Lipinski definition) is 1. The Kier molecular flexibility index (Phi) is 3.96. The fourth-order valence-corrected chi connectivity index (χ4v) is 3.48. The molecule has 3 aromatic rings. The number of rotatable bonds is 4. The van der Waals surface area contributed by atoms with Crippen molar-refractivity contribution >= 4 is 32.2 Å². The summed E-state index contributed by atoms with van der Waals surface area (Å²) in [7, 11) is 0.212. The van der Waals surface area contributed by atoms with E-state index in [1.165, 1.54) is 0 Å². The molecule has 23 heavy (non-hydrogen) atoms. The van der Waals surface area contributed by atoms with E-state index < -0.39 is 10.0 Å². The molecule has 0 bridgehead atoms. The lowest BCUT2D eigenvalue weighted by atomic mass is 10.1. The van der Waals surface area contributed by atoms with Crippen LogP contribution in [0.25, 0.3) is 10.8 Å². The monoisotopic (exact) mass is 326 g/mol. The number of nitrogens with one attached hydrogen (secondary N) is 1. The Hall–Kier alpha value is -2.53. The zero-order valence-electron chi connectivity index (χ0n) is 13.0. The van der Waals surface area contributed by atoms with Crippen LogP contribution in [0.3, 0.4) is 0 Å². The van der Waals surface area contributed by atoms with Gasteiger partial charge in [-0.15, -0.1) is 0 Å². The van der Waals surface area contributed by atoms with E-state index in [9.17, 15) is 8.42 Å². The van der Waals surface area contributed by atoms with Gasteiger partial charge in [-0.05, 0) is 41.1 Å². The molecule has 0 amide bonds. The zero-order chi connectivity index (χ0) is 16.4. The quantitative estimate of drug-likeness (QED) is 0.795. The molecule has 0 aliphatic rings. The van der Waals surface area contributed by atoms with Crippen molar-refractivity contribution in [2.24, 2.45) is 0 Å². The molecule has 0 spiro atoms. The van der Waals surface area contributed by atoms with Crippen LogP contribution in [0.1, 0.15) is 0 Å². The number of fused-ring (bicyclic) bond motifs is 1. The largest absolute Gasteiger partial charge is 0.378 e. The van der Waals surface area contributed by atoms with Crippen LogP contribution < -0.4 is 9.62 Å². The minimum Gasteiger partial charge on any atom is -0.378 e. The summed E-state index contributed by atoms with van der Waals surface area (Å²) in [6.07, 6.45) is 0. The van der Waals surface area contributed by atoms with Gasteiger partial charge in [0.15, 0.2) is 0 Å². The molecule has 3 rings (SSSR count). The molecule has 5 heteroatoms. The molecule has 0 heterocycles. The van der Waals surface area contributed by atoms with Crippen LogP contribution in [0.4, 0.5) is 11.4 Å². The Morgan fingerprint density at radius 2 is 1.57 bits per heavy atom. The number of anilines is 2. The summed E-state index contributed by atoms with van der Waals surface area (Å²) in [5.41, 5.74) is 1.48. The molecule has 4 nitrogen and oxygen atoms in total. The van der Waals surface area contributed by atoms with Crippen LogP contribution in [0, 0.1) is 0 Å². The van der Waals surface area contributed by atoms with Gasteiger partial charge in [-0.1, -0.05) is 36.4 Å². The third-order valence-corrected chi connectivity index (χ3v) is 5.02. The summed E-state index contributed by atoms with van der Waals surface area (Å²) in [6.45, 7) is 0. The molecule has 0 atom stereocenters. The van der Waals surface area contributed by atoms with E-state index in [0.717, 1.165) is 16.5 Å². The van der Waals surface area contributed by atoms with Crippen LogP contribution in [0.15, 0.2) is 71.6 Å². The van der Waals surface area contributed by atoms with Crippen LogP contribution in [0.5, 0.6) is 0 Å². The molecular weight excluding hydrogens is 308 g/mol. The molecule has 3 aromatic carbocycles. The molecule has 0 unspecified atom stereocenters. The highest BCUT2D eigenvalue weighted by molar-refractivity contribution is 7.92. The van der Waals surface area contributed by atoms with E-state index in [-0.39, 0.29) is 4.90 Å². The maximum atomic E-state index is 12.6. The van der Waals surface area contributed by atoms with E-state index in [2.05, 4.69) is 4.72 Å². The Morgan fingerprint density at radius 1 is 0.826 bits per heavy atom. The van der Waals surface area contributed by atoms with Gasteiger partial charge >= 0.3 is 0 Å². The maximum absolute atomic E-state index is 12.6. The SMILES string of the molecule is CN(C)c1cccc(NS(=O)(=O)c2ccc3ccccc3c2)c1. The van der Waals surface area contributed by atoms with E-state index in [1.54, 1.807) is 24.3 Å². The van der Waals surface area contributed by atoms with Crippen molar-refractivity contribution in [2.75, 3.05) is 23.7 Å². The Morgan fingerprint density at radius 3 is 2.30 bits per heavy atom. The molecule has 0 saturated carbocycles. The second-order valence-electron chi connectivity index (χ2n) is 5.56. The second-order valence-corrected chi connectivity index (χ2v) is 7.24. The third kappa shape index (κ3) is 3.29. The van der Waals surface area contributed by atoms with Gasteiger partial charge in [0, 0.05) is 19.8 Å². The molecule has 0 aliphatic heterocycles. The summed E-state index contributed by atoms with van der Waals surface area (Å²) in [5, 5.41) is 1.92. The smallest absolute Gasteiger partial charge is 0.261 e. The van der Waals surface area contributed by atoms with Gasteiger partial charge in [0.25, 0.3) is 10.0 Å². The number of nitrogens with zero attached hydrogens (tertiary/aromatic N) is 1. The normalized spacial score (nSPS) is 11.4. The van der Waals surface area contributed by atoms with E-state index in [1.807, 2.05) is 61.5 Å². The topological polar surface area (TPSA) is 49.4 Å². The lowest BCUT2D eigenvalue weighted by Gasteiger charge is -2.14. The second kappa shape index (κ2) is 5.93. The molecule has 118 valence electrons. The van der Waals surface area contributed by atoms with E-state index >= 15 is 0 Å². The molecule has 0 fully saturated rings. The Labute approximate surface area is 136 Å². The summed E-state index contributed by atoms with van der Waals surface area (Å²) in [6, 6.07) is 20.1. The first kappa shape index (κ1) is 15.4. The highest BCUT2D eigenvalue weighted by atomic mass is 32.2. The highest BCUT2D eigenvalue weighted by Crippen LogP contribution is 2.23. The minimum absolute atomic E-state index is 0.256. The summed E-state index contributed by atoms with van der Waals surface area (Å²) < 4.78 is 27.8. The fraction of sp³-hybridized carbons (Fsp3) is 0.111. The first-order valence-corrected chi connectivity index (χ1v) is 8.73. The lowest BCUT2D eigenvalue weighted by Crippen LogP contribution is -2.14. The molecular formula is C18H18N2O2S. The number of hydrogen-bond acceptors (Lipinski definition) is 3. The first-order valence-electron chi connectivity index (χ1n) is 7.25. The summed E-state index contributed by atoms with van der Waals surface area (Å²) >= 11 is 0. The summed E-state index contributed by atoms with van der Waals surface area (Å²) in [4.78, 5) is 2.18. The molecule has 0 saturated heterocycles. The minimum atomic E-state index is -3.62. The third-order valence-electron chi connectivity index (χ3n) is 3.65. The standard InChI is InChI=1S/C18H18N2O2S/c1-20(2)17-9-5-8-16(13-17)19-23(21,22)18-11-10-14-6-3-4-7-15(14)12-18/h3-13,19H,1-2H3. The van der Waals surface area contributed by atoms with Crippen LogP contribution in [-0.4, -0.2) is 22.5 Å². The molecule has 0 radical (unpaired) electrons. The van der Waals surface area contributed by atoms with E-state index in [0.29, 0.717) is 5.69 Å². The predicted octanol–water partition coefficient (Wildman–Crippen LogP) is 3.71. The Bertz CT molecular complexity index is 950. The number of benzene rings is 3. The van der Waals surface area contributed by atoms with Crippen molar-refractivity contribution in [3.63, 3.8) is 0 Å². The Balaban J connectivity index is 1.95. The van der Waals surface area contributed by atoms with Crippen LogP contribution >= 0.6 is 0 Å². The van der Waals surface area contributed by atoms with Gasteiger partial charge in [-0.3, -0.25) is 4.72 Å². The highest BCUT2D eigenvalue weighted by Gasteiger charge is 2.15. The van der Waals surface area contributed by atoms with Crippen molar-refractivity contribution in [3.8, 4) is 0 Å². The molecule has 1 N–H and O–H groups in total. The van der Waals surface area contributed by atoms with Crippen molar-refractivity contribution in [1.29, 1.82) is 0 Å². The first-order chi connectivity index (χ1) is 11.0. The van der Waals surface area contributed by atoms with Gasteiger partial charge in [-0.25, -0.2) is 8.42 Å². The average Bonchev–Trinajstić information content (AvgIpc) is 2.54. The summed E-state index contributed by atoms with van der Waals surface area (Å²) in [5.74, 6) is 0. The van der Waals surface area contributed by atoms with Crippen molar-refractivity contribution < 1.29 is 8.42 Å². The van der Waals surface area contributed by atoms with Gasteiger partial charge in [0.1, 0.15) is 0 Å². The molecule has 0 aromatic heterocycles. The van der Waals surface area contributed by atoms with E-state index in [4.69, 9.17) is 0 Å². The van der Waals surface area contributed by atoms with Crippen molar-refractivity contribution in [1.82, 2.24) is 0 Å². The lowest BCUT2D eigenvalue weighted by molar-refractivity contribution is 0.601. The molecule has 0 aliphatic carbocycles. The van der Waals surface area contributed by atoms with Gasteiger partial charge in [-0.2, -0.15) is 0 Å². The van der Waals surface area contributed by atoms with Crippen LogP contribution in [-0.2, 0) is 10.0 Å². The van der Waals surface area contributed by atoms with Gasteiger partial charge in [0.05, 0.1) is 10.6 Å². The number of sulfonamides is 1. The fourth-order valence-electron chi connectivity index (χ4n) is 2.40. The van der Waals surface area contributed by atoms with Crippen molar-refractivity contribution in [2.45, 2.75) is 4.90 Å².